The van der Waals surface area contributed by atoms with Gasteiger partial charge in [-0.25, -0.2) is 0 Å². The Balaban J connectivity index is 1.59. The summed E-state index contributed by atoms with van der Waals surface area (Å²) in [4.78, 5) is 0. The van der Waals surface area contributed by atoms with E-state index in [0.717, 1.165) is 24.7 Å². The van der Waals surface area contributed by atoms with Crippen molar-refractivity contribution in [3.05, 3.63) is 35.9 Å². The molecular weight excluding hydrogens is 256 g/mol. The Labute approximate surface area is 128 Å². The molecule has 3 unspecified atom stereocenters. The third kappa shape index (κ3) is 2.85. The first-order valence-corrected chi connectivity index (χ1v) is 8.36. The normalized spacial score (nSPS) is 39.3. The summed E-state index contributed by atoms with van der Waals surface area (Å²) in [6, 6.07) is 14.1. The minimum absolute atomic E-state index is 0.246. The average Bonchev–Trinajstić information content (AvgIpc) is 2.45. The van der Waals surface area contributed by atoms with Crippen LogP contribution in [0.25, 0.3) is 0 Å². The zero-order valence-electron chi connectivity index (χ0n) is 13.2. The lowest BCUT2D eigenvalue weighted by Crippen LogP contribution is -2.55. The van der Waals surface area contributed by atoms with Crippen molar-refractivity contribution in [3.8, 4) is 6.07 Å². The van der Waals surface area contributed by atoms with Crippen LogP contribution < -0.4 is 5.32 Å². The van der Waals surface area contributed by atoms with Crippen LogP contribution in [0.3, 0.4) is 0 Å². The molecule has 0 aliphatic heterocycles. The van der Waals surface area contributed by atoms with Crippen molar-refractivity contribution >= 4 is 0 Å². The van der Waals surface area contributed by atoms with Gasteiger partial charge in [0.05, 0.1) is 11.5 Å². The van der Waals surface area contributed by atoms with Crippen LogP contribution >= 0.6 is 0 Å². The van der Waals surface area contributed by atoms with E-state index in [1.165, 1.54) is 24.8 Å². The maximum atomic E-state index is 9.62. The molecule has 2 saturated carbocycles. The highest BCUT2D eigenvalue weighted by Crippen LogP contribution is 2.44. The highest BCUT2D eigenvalue weighted by molar-refractivity contribution is 5.36. The highest BCUT2D eigenvalue weighted by atomic mass is 15.0. The van der Waals surface area contributed by atoms with Crippen LogP contribution in [0.5, 0.6) is 0 Å². The van der Waals surface area contributed by atoms with E-state index in [-0.39, 0.29) is 5.41 Å². The summed E-state index contributed by atoms with van der Waals surface area (Å²) in [7, 11) is 0. The Morgan fingerprint density at radius 3 is 2.48 bits per heavy atom. The van der Waals surface area contributed by atoms with Gasteiger partial charge >= 0.3 is 0 Å². The monoisotopic (exact) mass is 282 g/mol. The molecule has 2 aliphatic carbocycles. The second kappa shape index (κ2) is 5.81. The number of hydrogen-bond acceptors (Lipinski definition) is 2. The molecule has 2 heteroatoms. The Kier molecular flexibility index (Phi) is 4.04. The minimum atomic E-state index is -0.246. The molecule has 0 radical (unpaired) electrons. The summed E-state index contributed by atoms with van der Waals surface area (Å²) < 4.78 is 0. The fraction of sp³-hybridized carbons (Fsp3) is 0.632. The Hall–Kier alpha value is -1.33. The number of nitrogens with one attached hydrogen (secondary N) is 1. The molecule has 1 N–H and O–H groups in total. The van der Waals surface area contributed by atoms with Crippen LogP contribution in [0.1, 0.15) is 51.5 Å². The van der Waals surface area contributed by atoms with Crippen LogP contribution in [-0.2, 0) is 5.41 Å². The molecule has 3 atom stereocenters. The molecule has 112 valence electrons. The lowest BCUT2D eigenvalue weighted by atomic mass is 9.62. The summed E-state index contributed by atoms with van der Waals surface area (Å²) in [6.07, 6.45) is 5.91. The lowest BCUT2D eigenvalue weighted by molar-refractivity contribution is 0.153. The van der Waals surface area contributed by atoms with E-state index < -0.39 is 0 Å². The molecule has 2 aliphatic rings. The van der Waals surface area contributed by atoms with Crippen molar-refractivity contribution in [2.24, 2.45) is 11.8 Å². The van der Waals surface area contributed by atoms with E-state index in [9.17, 15) is 5.26 Å². The van der Waals surface area contributed by atoms with Gasteiger partial charge < -0.3 is 5.32 Å². The maximum absolute atomic E-state index is 9.62. The average molecular weight is 282 g/mol. The predicted octanol–water partition coefficient (Wildman–Crippen LogP) is 4.02. The van der Waals surface area contributed by atoms with Crippen molar-refractivity contribution in [2.75, 3.05) is 0 Å². The third-order valence-electron chi connectivity index (χ3n) is 5.61. The van der Waals surface area contributed by atoms with Crippen LogP contribution in [0.15, 0.2) is 30.3 Å². The van der Waals surface area contributed by atoms with Gasteiger partial charge in [0, 0.05) is 12.1 Å². The quantitative estimate of drug-likeness (QED) is 0.908. The van der Waals surface area contributed by atoms with E-state index in [1.807, 2.05) is 18.2 Å². The maximum Gasteiger partial charge on any atom is 0.0852 e. The topological polar surface area (TPSA) is 35.8 Å². The molecule has 1 aromatic carbocycles. The van der Waals surface area contributed by atoms with Gasteiger partial charge in [-0.2, -0.15) is 5.26 Å². The molecule has 3 rings (SSSR count). The van der Waals surface area contributed by atoms with Crippen LogP contribution in [0.4, 0.5) is 0 Å². The molecule has 0 heterocycles. The van der Waals surface area contributed by atoms with E-state index in [0.29, 0.717) is 12.1 Å². The van der Waals surface area contributed by atoms with Gasteiger partial charge in [0.25, 0.3) is 0 Å². The summed E-state index contributed by atoms with van der Waals surface area (Å²) in [5.41, 5.74) is 0.945. The summed E-state index contributed by atoms with van der Waals surface area (Å²) in [5.74, 6) is 1.64. The van der Waals surface area contributed by atoms with Crippen molar-refractivity contribution < 1.29 is 0 Å². The van der Waals surface area contributed by atoms with Gasteiger partial charge in [-0.15, -0.1) is 0 Å². The number of benzene rings is 1. The largest absolute Gasteiger partial charge is 0.311 e. The first kappa shape index (κ1) is 14.6. The molecule has 2 nitrogen and oxygen atoms in total. The SMILES string of the molecule is CC1CCC(NC2CC(C#N)(c3ccccc3)C2)C(C)C1. The summed E-state index contributed by atoms with van der Waals surface area (Å²) >= 11 is 0. The molecule has 0 spiro atoms. The lowest BCUT2D eigenvalue weighted by Gasteiger charge is -2.46. The van der Waals surface area contributed by atoms with E-state index in [4.69, 9.17) is 0 Å². The number of rotatable bonds is 3. The Morgan fingerprint density at radius 1 is 1.14 bits per heavy atom. The molecular formula is C19H26N2. The Bertz CT molecular complexity index is 510. The van der Waals surface area contributed by atoms with Gasteiger partial charge in [0.2, 0.25) is 0 Å². The van der Waals surface area contributed by atoms with E-state index >= 15 is 0 Å². The molecule has 0 aromatic heterocycles. The van der Waals surface area contributed by atoms with Crippen molar-refractivity contribution in [1.82, 2.24) is 5.32 Å². The molecule has 0 saturated heterocycles. The van der Waals surface area contributed by atoms with Crippen molar-refractivity contribution in [2.45, 2.75) is 63.5 Å². The zero-order chi connectivity index (χ0) is 14.9. The number of nitriles is 1. The zero-order valence-corrected chi connectivity index (χ0v) is 13.2. The first-order valence-electron chi connectivity index (χ1n) is 8.36. The molecule has 21 heavy (non-hydrogen) atoms. The van der Waals surface area contributed by atoms with Crippen molar-refractivity contribution in [1.29, 1.82) is 5.26 Å². The van der Waals surface area contributed by atoms with Gasteiger partial charge in [-0.05, 0) is 49.5 Å². The first-order chi connectivity index (χ1) is 10.1. The highest BCUT2D eigenvalue weighted by Gasteiger charge is 2.46. The van der Waals surface area contributed by atoms with E-state index in [1.54, 1.807) is 0 Å². The fourth-order valence-corrected chi connectivity index (χ4v) is 4.26. The van der Waals surface area contributed by atoms with Crippen LogP contribution in [-0.4, -0.2) is 12.1 Å². The molecule has 1 aromatic rings. The minimum Gasteiger partial charge on any atom is -0.311 e. The summed E-state index contributed by atoms with van der Waals surface area (Å²) in [5, 5.41) is 13.5. The Morgan fingerprint density at radius 2 is 1.86 bits per heavy atom. The van der Waals surface area contributed by atoms with Gasteiger partial charge in [-0.1, -0.05) is 44.2 Å². The standard InChI is InChI=1S/C19H26N2/c1-14-8-9-18(15(2)10-14)21-17-11-19(12-17,13-20)16-6-4-3-5-7-16/h3-7,14-15,17-18,21H,8-12H2,1-2H3. The van der Waals surface area contributed by atoms with Gasteiger partial charge in [0.15, 0.2) is 0 Å². The van der Waals surface area contributed by atoms with E-state index in [2.05, 4.69) is 37.4 Å². The fourth-order valence-electron chi connectivity index (χ4n) is 4.26. The predicted molar refractivity (Wildman–Crippen MR) is 85.9 cm³/mol. The molecule has 0 amide bonds. The molecule has 2 fully saturated rings. The van der Waals surface area contributed by atoms with Gasteiger partial charge in [0.1, 0.15) is 0 Å². The number of nitrogens with zero attached hydrogens (tertiary/aromatic N) is 1. The van der Waals surface area contributed by atoms with Gasteiger partial charge in [-0.3, -0.25) is 0 Å². The second-order valence-electron chi connectivity index (χ2n) is 7.33. The van der Waals surface area contributed by atoms with Crippen molar-refractivity contribution in [3.63, 3.8) is 0 Å². The second-order valence-corrected chi connectivity index (χ2v) is 7.33. The summed E-state index contributed by atoms with van der Waals surface area (Å²) in [6.45, 7) is 4.74. The number of hydrogen-bond donors (Lipinski definition) is 1. The van der Waals surface area contributed by atoms with Crippen LogP contribution in [0, 0.1) is 23.2 Å². The smallest absolute Gasteiger partial charge is 0.0852 e. The molecule has 0 bridgehead atoms. The van der Waals surface area contributed by atoms with Crippen LogP contribution in [0.2, 0.25) is 0 Å². The third-order valence-corrected chi connectivity index (χ3v) is 5.61.